The van der Waals surface area contributed by atoms with E-state index in [9.17, 15) is 4.79 Å². The summed E-state index contributed by atoms with van der Waals surface area (Å²) in [6.07, 6.45) is 8.70. The summed E-state index contributed by atoms with van der Waals surface area (Å²) < 4.78 is 0. The van der Waals surface area contributed by atoms with Gasteiger partial charge in [0.05, 0.1) is 5.69 Å². The number of amides is 1. The minimum Gasteiger partial charge on any atom is -0.337 e. The predicted molar refractivity (Wildman–Crippen MR) is 78.9 cm³/mol. The van der Waals surface area contributed by atoms with Crippen molar-refractivity contribution in [3.63, 3.8) is 0 Å². The maximum atomic E-state index is 12.5. The fourth-order valence-corrected chi connectivity index (χ4v) is 2.68. The Bertz CT molecular complexity index is 629. The van der Waals surface area contributed by atoms with E-state index in [1.54, 1.807) is 24.8 Å². The summed E-state index contributed by atoms with van der Waals surface area (Å²) in [6.45, 7) is 3.51. The van der Waals surface area contributed by atoms with Gasteiger partial charge in [-0.1, -0.05) is 6.92 Å². The molecule has 5 heteroatoms. The number of pyridine rings is 1. The molecule has 2 aromatic heterocycles. The second kappa shape index (κ2) is 5.99. The average molecular weight is 282 g/mol. The topological polar surface area (TPSA) is 59.0 Å². The van der Waals surface area contributed by atoms with Crippen LogP contribution < -0.4 is 0 Å². The fourth-order valence-electron chi connectivity index (χ4n) is 2.68. The Morgan fingerprint density at radius 1 is 1.33 bits per heavy atom. The fraction of sp³-hybridized carbons (Fsp3) is 0.375. The summed E-state index contributed by atoms with van der Waals surface area (Å²) in [5, 5.41) is 0. The third kappa shape index (κ3) is 2.91. The maximum Gasteiger partial charge on any atom is 0.272 e. The smallest absolute Gasteiger partial charge is 0.272 e. The zero-order valence-corrected chi connectivity index (χ0v) is 12.1. The molecule has 0 N–H and O–H groups in total. The van der Waals surface area contributed by atoms with Crippen LogP contribution >= 0.6 is 0 Å². The molecular formula is C16H18N4O. The largest absolute Gasteiger partial charge is 0.337 e. The van der Waals surface area contributed by atoms with Crippen LogP contribution in [0.4, 0.5) is 0 Å². The summed E-state index contributed by atoms with van der Waals surface area (Å²) in [6, 6.07) is 3.83. The van der Waals surface area contributed by atoms with Gasteiger partial charge in [-0.2, -0.15) is 0 Å². The lowest BCUT2D eigenvalue weighted by Gasteiger charge is -2.16. The first-order chi connectivity index (χ1) is 10.3. The molecule has 1 saturated heterocycles. The van der Waals surface area contributed by atoms with Crippen LogP contribution in [0, 0.1) is 0 Å². The monoisotopic (exact) mass is 282 g/mol. The summed E-state index contributed by atoms with van der Waals surface area (Å²) in [5.41, 5.74) is 2.63. The maximum absolute atomic E-state index is 12.5. The van der Waals surface area contributed by atoms with Crippen molar-refractivity contribution in [2.45, 2.75) is 25.7 Å². The minimum atomic E-state index is 0.0108. The molecule has 108 valence electrons. The molecule has 0 aromatic carbocycles. The number of carbonyl (C=O) groups is 1. The zero-order chi connectivity index (χ0) is 14.7. The van der Waals surface area contributed by atoms with E-state index in [1.807, 2.05) is 17.0 Å². The Balaban J connectivity index is 1.72. The van der Waals surface area contributed by atoms with E-state index in [0.717, 1.165) is 30.6 Å². The molecule has 0 spiro atoms. The lowest BCUT2D eigenvalue weighted by atomic mass is 10.1. The third-order valence-electron chi connectivity index (χ3n) is 3.93. The molecule has 1 atom stereocenters. The quantitative estimate of drug-likeness (QED) is 0.864. The Morgan fingerprint density at radius 3 is 3.00 bits per heavy atom. The second-order valence-electron chi connectivity index (χ2n) is 5.27. The van der Waals surface area contributed by atoms with Gasteiger partial charge in [-0.05, 0) is 30.5 Å². The van der Waals surface area contributed by atoms with Crippen LogP contribution in [-0.2, 0) is 6.42 Å². The van der Waals surface area contributed by atoms with Gasteiger partial charge in [-0.15, -0.1) is 0 Å². The predicted octanol–water partition coefficient (Wildman–Crippen LogP) is 2.06. The number of hydrogen-bond donors (Lipinski definition) is 0. The van der Waals surface area contributed by atoms with Crippen molar-refractivity contribution < 1.29 is 4.79 Å². The molecule has 1 unspecified atom stereocenters. The van der Waals surface area contributed by atoms with E-state index >= 15 is 0 Å². The molecule has 3 heterocycles. The Labute approximate surface area is 124 Å². The zero-order valence-electron chi connectivity index (χ0n) is 12.1. The number of hydrogen-bond acceptors (Lipinski definition) is 4. The van der Waals surface area contributed by atoms with Crippen molar-refractivity contribution in [2.75, 3.05) is 13.1 Å². The summed E-state index contributed by atoms with van der Waals surface area (Å²) >= 11 is 0. The number of carbonyl (C=O) groups excluding carboxylic acids is 1. The highest BCUT2D eigenvalue weighted by atomic mass is 16.2. The van der Waals surface area contributed by atoms with E-state index in [-0.39, 0.29) is 11.8 Å². The molecule has 1 fully saturated rings. The van der Waals surface area contributed by atoms with Crippen LogP contribution in [0.5, 0.6) is 0 Å². The van der Waals surface area contributed by atoms with Gasteiger partial charge < -0.3 is 4.90 Å². The van der Waals surface area contributed by atoms with E-state index in [4.69, 9.17) is 0 Å². The van der Waals surface area contributed by atoms with Gasteiger partial charge >= 0.3 is 0 Å². The summed E-state index contributed by atoms with van der Waals surface area (Å²) in [7, 11) is 0. The Morgan fingerprint density at radius 2 is 2.24 bits per heavy atom. The molecule has 2 aromatic rings. The molecule has 0 saturated carbocycles. The van der Waals surface area contributed by atoms with E-state index in [0.29, 0.717) is 12.2 Å². The number of aromatic nitrogens is 3. The molecule has 0 bridgehead atoms. The molecule has 5 nitrogen and oxygen atoms in total. The highest BCUT2D eigenvalue weighted by molar-refractivity contribution is 5.92. The molecule has 3 rings (SSSR count). The van der Waals surface area contributed by atoms with Crippen LogP contribution in [0.1, 0.15) is 41.0 Å². The molecule has 1 aliphatic rings. The highest BCUT2D eigenvalue weighted by Crippen LogP contribution is 2.26. The van der Waals surface area contributed by atoms with E-state index in [2.05, 4.69) is 21.9 Å². The normalized spacial score (nSPS) is 18.0. The Kier molecular flexibility index (Phi) is 3.90. The van der Waals surface area contributed by atoms with Crippen molar-refractivity contribution in [1.29, 1.82) is 0 Å². The average Bonchev–Trinajstić information content (AvgIpc) is 3.05. The third-order valence-corrected chi connectivity index (χ3v) is 3.93. The molecule has 0 aliphatic carbocycles. The number of nitrogens with zero attached hydrogens (tertiary/aromatic N) is 4. The van der Waals surface area contributed by atoms with Gasteiger partial charge in [-0.25, -0.2) is 0 Å². The first-order valence-electron chi connectivity index (χ1n) is 7.28. The van der Waals surface area contributed by atoms with Crippen LogP contribution in [0.15, 0.2) is 36.9 Å². The van der Waals surface area contributed by atoms with Crippen LogP contribution in [0.3, 0.4) is 0 Å². The number of likely N-dealkylation sites (tertiary alicyclic amines) is 1. The molecule has 1 amide bonds. The standard InChI is InChI=1S/C16H18N4O/c1-2-12-3-5-18-14(9-12)16(21)20-8-4-13(11-20)15-10-17-6-7-19-15/h3,5-7,9-10,13H,2,4,8,11H2,1H3. The van der Waals surface area contributed by atoms with Gasteiger partial charge in [0.2, 0.25) is 0 Å². The summed E-state index contributed by atoms with van der Waals surface area (Å²) in [5.74, 6) is 0.286. The molecule has 1 aliphatic heterocycles. The first kappa shape index (κ1) is 13.7. The van der Waals surface area contributed by atoms with Crippen LogP contribution in [-0.4, -0.2) is 38.8 Å². The van der Waals surface area contributed by atoms with Crippen molar-refractivity contribution in [3.8, 4) is 0 Å². The van der Waals surface area contributed by atoms with Gasteiger partial charge in [0.25, 0.3) is 5.91 Å². The number of aryl methyl sites for hydroxylation is 1. The van der Waals surface area contributed by atoms with Crippen molar-refractivity contribution in [2.24, 2.45) is 0 Å². The van der Waals surface area contributed by atoms with Crippen LogP contribution in [0.2, 0.25) is 0 Å². The van der Waals surface area contributed by atoms with Crippen molar-refractivity contribution in [3.05, 3.63) is 53.9 Å². The number of rotatable bonds is 3. The molecule has 0 radical (unpaired) electrons. The van der Waals surface area contributed by atoms with Gasteiger partial charge in [0, 0.05) is 43.8 Å². The lowest BCUT2D eigenvalue weighted by molar-refractivity contribution is 0.0784. The van der Waals surface area contributed by atoms with Crippen molar-refractivity contribution >= 4 is 5.91 Å². The first-order valence-corrected chi connectivity index (χ1v) is 7.28. The molecular weight excluding hydrogens is 264 g/mol. The summed E-state index contributed by atoms with van der Waals surface area (Å²) in [4.78, 5) is 27.0. The van der Waals surface area contributed by atoms with Crippen molar-refractivity contribution in [1.82, 2.24) is 19.9 Å². The molecule has 21 heavy (non-hydrogen) atoms. The Hall–Kier alpha value is -2.30. The van der Waals surface area contributed by atoms with Gasteiger partial charge in [0.15, 0.2) is 0 Å². The van der Waals surface area contributed by atoms with Gasteiger partial charge in [0.1, 0.15) is 5.69 Å². The van der Waals surface area contributed by atoms with E-state index < -0.39 is 0 Å². The highest BCUT2D eigenvalue weighted by Gasteiger charge is 2.29. The van der Waals surface area contributed by atoms with Crippen LogP contribution in [0.25, 0.3) is 0 Å². The SMILES string of the molecule is CCc1ccnc(C(=O)N2CCC(c3cnccn3)C2)c1. The lowest BCUT2D eigenvalue weighted by Crippen LogP contribution is -2.29. The minimum absolute atomic E-state index is 0.0108. The second-order valence-corrected chi connectivity index (χ2v) is 5.27. The van der Waals surface area contributed by atoms with Gasteiger partial charge in [-0.3, -0.25) is 19.7 Å². The van der Waals surface area contributed by atoms with E-state index in [1.165, 1.54) is 0 Å².